The van der Waals surface area contributed by atoms with Gasteiger partial charge in [0, 0.05) is 32.6 Å². The van der Waals surface area contributed by atoms with E-state index in [2.05, 4.69) is 40.1 Å². The third-order valence-corrected chi connectivity index (χ3v) is 7.18. The average Bonchev–Trinajstić information content (AvgIpc) is 3.45. The maximum Gasteiger partial charge on any atom is 0.387 e. The zero-order valence-electron chi connectivity index (χ0n) is 20.9. The fourth-order valence-corrected chi connectivity index (χ4v) is 4.34. The monoisotopic (exact) mass is 530 g/mol. The molecule has 3 aromatic heterocycles. The number of ether oxygens (including phenoxy) is 3. The van der Waals surface area contributed by atoms with Crippen molar-refractivity contribution in [1.82, 2.24) is 24.4 Å². The molecule has 10 nitrogen and oxygen atoms in total. The maximum absolute atomic E-state index is 13.2. The molecular formula is C24H28F2N6O4Si. The van der Waals surface area contributed by atoms with Crippen LogP contribution in [-0.2, 0) is 11.5 Å². The van der Waals surface area contributed by atoms with Crippen molar-refractivity contribution >= 4 is 25.3 Å². The number of nitrogens with zero attached hydrogens (tertiary/aromatic N) is 5. The lowest BCUT2D eigenvalue weighted by molar-refractivity contribution is -0.0495. The quantitative estimate of drug-likeness (QED) is 0.220. The molecule has 0 aliphatic heterocycles. The van der Waals surface area contributed by atoms with Crippen molar-refractivity contribution in [2.24, 2.45) is 0 Å². The first kappa shape index (κ1) is 26.2. The summed E-state index contributed by atoms with van der Waals surface area (Å²) in [6.07, 6.45) is 6.06. The van der Waals surface area contributed by atoms with Gasteiger partial charge in [-0.25, -0.2) is 14.2 Å². The van der Waals surface area contributed by atoms with Gasteiger partial charge in [-0.15, -0.1) is 0 Å². The summed E-state index contributed by atoms with van der Waals surface area (Å²) in [6, 6.07) is 7.06. The zero-order chi connectivity index (χ0) is 26.6. The van der Waals surface area contributed by atoms with E-state index in [-0.39, 0.29) is 29.3 Å². The molecule has 0 radical (unpaired) electrons. The smallest absolute Gasteiger partial charge is 0.387 e. The highest BCUT2D eigenvalue weighted by atomic mass is 28.3. The molecule has 0 saturated carbocycles. The number of hydrogen-bond acceptors (Lipinski definition) is 7. The molecule has 0 saturated heterocycles. The molecule has 0 spiro atoms. The lowest BCUT2D eigenvalue weighted by atomic mass is 10.1. The third kappa shape index (κ3) is 6.30. The van der Waals surface area contributed by atoms with Crippen LogP contribution in [0.2, 0.25) is 25.7 Å². The molecule has 1 amide bonds. The fraction of sp³-hybridized carbons (Fsp3) is 0.333. The first-order chi connectivity index (χ1) is 17.7. The molecule has 1 N–H and O–H groups in total. The summed E-state index contributed by atoms with van der Waals surface area (Å²) in [6.45, 7) is 4.22. The van der Waals surface area contributed by atoms with Crippen LogP contribution in [0.15, 0.2) is 49.1 Å². The molecule has 1 aromatic carbocycles. The summed E-state index contributed by atoms with van der Waals surface area (Å²) < 4.78 is 45.4. The summed E-state index contributed by atoms with van der Waals surface area (Å²) in [5.41, 5.74) is 1.44. The van der Waals surface area contributed by atoms with Gasteiger partial charge in [0.15, 0.2) is 5.65 Å². The molecule has 3 heterocycles. The van der Waals surface area contributed by atoms with E-state index in [0.29, 0.717) is 23.7 Å². The Kier molecular flexibility index (Phi) is 7.83. The number of amides is 1. The molecule has 0 aliphatic carbocycles. The van der Waals surface area contributed by atoms with Crippen LogP contribution in [-0.4, -0.2) is 58.7 Å². The van der Waals surface area contributed by atoms with Gasteiger partial charge in [-0.1, -0.05) is 19.6 Å². The van der Waals surface area contributed by atoms with E-state index >= 15 is 0 Å². The lowest BCUT2D eigenvalue weighted by Crippen LogP contribution is -2.22. The number of nitrogens with one attached hydrogen (secondary N) is 1. The highest BCUT2D eigenvalue weighted by Crippen LogP contribution is 2.38. The number of methoxy groups -OCH3 is 1. The SMILES string of the molecule is COc1ccc(OC(F)F)c(-c2c(NC(=O)c3cnn4cccnc34)cnn2COCC[Si](C)(C)C)c1. The second-order valence-corrected chi connectivity index (χ2v) is 15.0. The zero-order valence-corrected chi connectivity index (χ0v) is 21.9. The van der Waals surface area contributed by atoms with Crippen molar-refractivity contribution in [3.63, 3.8) is 0 Å². The molecule has 196 valence electrons. The van der Waals surface area contributed by atoms with Crippen molar-refractivity contribution in [2.45, 2.75) is 39.0 Å². The van der Waals surface area contributed by atoms with Gasteiger partial charge in [-0.3, -0.25) is 4.79 Å². The third-order valence-electron chi connectivity index (χ3n) is 5.48. The normalized spacial score (nSPS) is 11.8. The predicted octanol–water partition coefficient (Wildman–Crippen LogP) is 4.77. The van der Waals surface area contributed by atoms with E-state index in [1.807, 2.05) is 0 Å². The van der Waals surface area contributed by atoms with Gasteiger partial charge >= 0.3 is 6.61 Å². The Bertz CT molecular complexity index is 1390. The minimum atomic E-state index is -3.06. The van der Waals surface area contributed by atoms with Gasteiger partial charge in [-0.2, -0.15) is 19.0 Å². The number of benzene rings is 1. The van der Waals surface area contributed by atoms with Crippen LogP contribution in [0.25, 0.3) is 16.9 Å². The molecule has 13 heteroatoms. The first-order valence-corrected chi connectivity index (χ1v) is 15.2. The van der Waals surface area contributed by atoms with E-state index < -0.39 is 20.6 Å². The second kappa shape index (κ2) is 11.0. The van der Waals surface area contributed by atoms with Gasteiger partial charge in [-0.05, 0) is 30.3 Å². The van der Waals surface area contributed by atoms with Gasteiger partial charge in [0.2, 0.25) is 0 Å². The summed E-state index contributed by atoms with van der Waals surface area (Å²) in [7, 11) is 0.135. The van der Waals surface area contributed by atoms with Crippen LogP contribution >= 0.6 is 0 Å². The van der Waals surface area contributed by atoms with Crippen molar-refractivity contribution in [3.05, 3.63) is 54.6 Å². The largest absolute Gasteiger partial charge is 0.497 e. The second-order valence-electron chi connectivity index (χ2n) is 9.40. The van der Waals surface area contributed by atoms with E-state index in [9.17, 15) is 13.6 Å². The van der Waals surface area contributed by atoms with Gasteiger partial charge in [0.1, 0.15) is 23.8 Å². The van der Waals surface area contributed by atoms with Crippen LogP contribution in [0.3, 0.4) is 0 Å². The van der Waals surface area contributed by atoms with E-state index in [1.54, 1.807) is 24.5 Å². The molecule has 4 rings (SSSR count). The van der Waals surface area contributed by atoms with Crippen LogP contribution in [0, 0.1) is 0 Å². The number of anilines is 1. The Morgan fingerprint density at radius 3 is 2.73 bits per heavy atom. The number of fused-ring (bicyclic) bond motifs is 1. The Morgan fingerprint density at radius 2 is 2.00 bits per heavy atom. The number of hydrogen-bond donors (Lipinski definition) is 1. The number of carbonyl (C=O) groups excluding carboxylic acids is 1. The number of alkyl halides is 2. The lowest BCUT2D eigenvalue weighted by Gasteiger charge is -2.17. The highest BCUT2D eigenvalue weighted by molar-refractivity contribution is 6.76. The topological polar surface area (TPSA) is 105 Å². The Labute approximate surface area is 213 Å². The fourth-order valence-electron chi connectivity index (χ4n) is 3.59. The number of rotatable bonds is 11. The van der Waals surface area contributed by atoms with Crippen molar-refractivity contribution in [1.29, 1.82) is 0 Å². The Balaban J connectivity index is 1.72. The molecule has 0 aliphatic rings. The number of carbonyl (C=O) groups is 1. The minimum Gasteiger partial charge on any atom is -0.497 e. The van der Waals surface area contributed by atoms with Crippen LogP contribution in [0.5, 0.6) is 11.5 Å². The van der Waals surface area contributed by atoms with Crippen molar-refractivity contribution < 1.29 is 27.8 Å². The highest BCUT2D eigenvalue weighted by Gasteiger charge is 2.23. The summed E-state index contributed by atoms with van der Waals surface area (Å²) >= 11 is 0. The molecule has 37 heavy (non-hydrogen) atoms. The minimum absolute atomic E-state index is 0.0410. The molecular weight excluding hydrogens is 502 g/mol. The van der Waals surface area contributed by atoms with Gasteiger partial charge in [0.05, 0.1) is 30.9 Å². The standard InChI is InChI=1S/C24H28F2N6O4Si/c1-34-16-6-7-20(36-24(25)26)17(12-16)21-19(14-29-32(21)15-35-10-11-37(2,3)4)30-23(33)18-13-28-31-9-5-8-27-22(18)31/h5-9,12-14,24H,10-11,15H2,1-4H3,(H,30,33). The summed E-state index contributed by atoms with van der Waals surface area (Å²) in [5.74, 6) is -0.186. The van der Waals surface area contributed by atoms with Crippen LogP contribution in [0.1, 0.15) is 10.4 Å². The van der Waals surface area contributed by atoms with E-state index in [1.165, 1.54) is 40.8 Å². The average molecular weight is 531 g/mol. The van der Waals surface area contributed by atoms with Crippen LogP contribution in [0.4, 0.5) is 14.5 Å². The van der Waals surface area contributed by atoms with Crippen molar-refractivity contribution in [2.75, 3.05) is 19.0 Å². The van der Waals surface area contributed by atoms with Gasteiger partial charge < -0.3 is 19.5 Å². The molecule has 0 bridgehead atoms. The maximum atomic E-state index is 13.2. The van der Waals surface area contributed by atoms with Crippen LogP contribution < -0.4 is 14.8 Å². The van der Waals surface area contributed by atoms with E-state index in [0.717, 1.165) is 6.04 Å². The Hall–Kier alpha value is -3.84. The molecule has 0 atom stereocenters. The molecule has 0 fully saturated rings. The Morgan fingerprint density at radius 1 is 1.19 bits per heavy atom. The van der Waals surface area contributed by atoms with Gasteiger partial charge in [0.25, 0.3) is 5.91 Å². The van der Waals surface area contributed by atoms with Crippen molar-refractivity contribution in [3.8, 4) is 22.8 Å². The molecule has 0 unspecified atom stereocenters. The first-order valence-electron chi connectivity index (χ1n) is 11.5. The molecule has 4 aromatic rings. The number of halogens is 2. The summed E-state index contributed by atoms with van der Waals surface area (Å²) in [4.78, 5) is 17.4. The summed E-state index contributed by atoms with van der Waals surface area (Å²) in [5, 5.41) is 11.3. The predicted molar refractivity (Wildman–Crippen MR) is 136 cm³/mol. The van der Waals surface area contributed by atoms with E-state index in [4.69, 9.17) is 14.2 Å². The number of aromatic nitrogens is 5.